The summed E-state index contributed by atoms with van der Waals surface area (Å²) in [5.74, 6) is 1.77. The first-order chi connectivity index (χ1) is 8.37. The molecule has 0 unspecified atom stereocenters. The SMILES string of the molecule is CCC.CCC.CCC(C)C.CCC(C)C.[2H][B].[F-].[K+]. The summed E-state index contributed by atoms with van der Waals surface area (Å²) in [6.45, 7) is 21.8. The Balaban J connectivity index is -0.0000000214. The minimum atomic E-state index is 0. The molecule has 19 heavy (non-hydrogen) atoms. The Morgan fingerprint density at radius 2 is 0.737 bits per heavy atom. The second-order valence-corrected chi connectivity index (χ2v) is 5.02. The van der Waals surface area contributed by atoms with E-state index in [0.717, 1.165) is 11.8 Å². The molecule has 0 saturated heterocycles. The molecule has 0 spiro atoms. The van der Waals surface area contributed by atoms with E-state index in [1.54, 1.807) is 0 Å². The largest absolute Gasteiger partial charge is 1.00 e. The molecule has 0 N–H and O–H groups in total. The zero-order chi connectivity index (χ0) is 16.0. The van der Waals surface area contributed by atoms with Gasteiger partial charge in [0.15, 0.2) is 0 Å². The van der Waals surface area contributed by atoms with Crippen LogP contribution >= 0.6 is 0 Å². The van der Waals surface area contributed by atoms with Crippen molar-refractivity contribution < 1.29 is 56.1 Å². The van der Waals surface area contributed by atoms with Gasteiger partial charge in [-0.3, -0.25) is 0 Å². The molecule has 0 heterocycles. The summed E-state index contributed by atoms with van der Waals surface area (Å²) in [5.41, 5.74) is 0. The van der Waals surface area contributed by atoms with Gasteiger partial charge >= 0.3 is 51.4 Å². The molecule has 0 rings (SSSR count). The zero-order valence-electron chi connectivity index (χ0n) is 16.9. The molecule has 0 aliphatic heterocycles. The van der Waals surface area contributed by atoms with Gasteiger partial charge in [0.1, 0.15) is 0 Å². The fourth-order valence-corrected chi connectivity index (χ4v) is 0. The van der Waals surface area contributed by atoms with Gasteiger partial charge in [-0.05, 0) is 13.2 Å². The van der Waals surface area contributed by atoms with Crippen molar-refractivity contribution in [3.63, 3.8) is 0 Å². The Bertz CT molecular complexity index is 74.9. The van der Waals surface area contributed by atoms with E-state index in [9.17, 15) is 0 Å². The van der Waals surface area contributed by atoms with E-state index in [0.29, 0.717) is 0 Å². The van der Waals surface area contributed by atoms with Crippen molar-refractivity contribution >= 4 is 8.38 Å². The second-order valence-electron chi connectivity index (χ2n) is 5.02. The maximum Gasteiger partial charge on any atom is 1.00 e. The average molecular weight is 303 g/mol. The minimum Gasteiger partial charge on any atom is -1.00 e. The van der Waals surface area contributed by atoms with Gasteiger partial charge in [0, 0.05) is 8.38 Å². The van der Waals surface area contributed by atoms with Gasteiger partial charge in [0.2, 0.25) is 0 Å². The summed E-state index contributed by atoms with van der Waals surface area (Å²) < 4.78 is 5.25. The fraction of sp³-hybridized carbons (Fsp3) is 1.00. The van der Waals surface area contributed by atoms with E-state index in [2.05, 4.69) is 77.6 Å². The fourth-order valence-electron chi connectivity index (χ4n) is 0. The molecular weight excluding hydrogens is 261 g/mol. The average Bonchev–Trinajstić information content (AvgIpc) is 2.34. The normalized spacial score (nSPS) is 7.26. The molecular formula is C16H41BFK. The first kappa shape index (κ1) is 37.1. The number of hydrogen-bond donors (Lipinski definition) is 0. The van der Waals surface area contributed by atoms with Crippen LogP contribution in [0.2, 0.25) is 0 Å². The van der Waals surface area contributed by atoms with Crippen LogP contribution < -0.4 is 56.1 Å². The molecule has 0 bridgehead atoms. The van der Waals surface area contributed by atoms with Gasteiger partial charge in [-0.2, -0.15) is 0 Å². The molecule has 0 saturated carbocycles. The molecule has 0 aromatic heterocycles. The maximum absolute atomic E-state index is 5.25. The van der Waals surface area contributed by atoms with Gasteiger partial charge in [-0.25, -0.2) is 0 Å². The van der Waals surface area contributed by atoms with Crippen LogP contribution in [0.4, 0.5) is 0 Å². The summed E-state index contributed by atoms with van der Waals surface area (Å²) in [4.78, 5) is 0. The number of rotatable bonds is 2. The Morgan fingerprint density at radius 3 is 0.737 bits per heavy atom. The summed E-state index contributed by atoms with van der Waals surface area (Å²) in [6, 6.07) is 0. The Hall–Kier alpha value is 1.63. The topological polar surface area (TPSA) is 0 Å². The summed E-state index contributed by atoms with van der Waals surface area (Å²) in [7, 11) is 3.75. The van der Waals surface area contributed by atoms with E-state index in [-0.39, 0.29) is 56.1 Å². The van der Waals surface area contributed by atoms with Crippen LogP contribution in [-0.2, 0) is 0 Å². The summed E-state index contributed by atoms with van der Waals surface area (Å²) in [6.07, 6.45) is 5.11. The Kier molecular flexibility index (Phi) is 98.5. The molecule has 2 radical (unpaired) electrons. The van der Waals surface area contributed by atoms with Crippen molar-refractivity contribution in [2.24, 2.45) is 11.8 Å². The van der Waals surface area contributed by atoms with Crippen LogP contribution in [0.3, 0.4) is 0 Å². The van der Waals surface area contributed by atoms with Gasteiger partial charge in [0.05, 0.1) is 0 Å². The van der Waals surface area contributed by atoms with Gasteiger partial charge in [-0.15, -0.1) is 0 Å². The molecule has 0 atom stereocenters. The monoisotopic (exact) mass is 303 g/mol. The molecule has 3 heteroatoms. The van der Waals surface area contributed by atoms with E-state index in [1.165, 1.54) is 25.7 Å². The van der Waals surface area contributed by atoms with Gasteiger partial charge in [0.25, 0.3) is 0 Å². The Morgan fingerprint density at radius 1 is 0.684 bits per heavy atom. The van der Waals surface area contributed by atoms with Crippen LogP contribution in [-0.4, -0.2) is 9.71 Å². The maximum atomic E-state index is 5.25. The first-order valence-corrected chi connectivity index (χ1v) is 7.37. The summed E-state index contributed by atoms with van der Waals surface area (Å²) >= 11 is 0. The van der Waals surface area contributed by atoms with Crippen LogP contribution in [0.5, 0.6) is 0 Å². The van der Waals surface area contributed by atoms with Gasteiger partial charge in [-0.1, -0.05) is 94.9 Å². The van der Waals surface area contributed by atoms with Crippen molar-refractivity contribution in [3.05, 3.63) is 0 Å². The first-order valence-electron chi connectivity index (χ1n) is 7.95. The minimum absolute atomic E-state index is 0. The molecule has 0 amide bonds. The van der Waals surface area contributed by atoms with E-state index < -0.39 is 0 Å². The standard InChI is InChI=1S/2C5H12.2C3H8.BH.FH.K/c2*1-4-5(2)3;2*1-3-2;;;/h2*5H,4H2,1-3H3;2*3H2,1-2H3;2*1H;/q;;;;;;+1/p-1/i;;;;1D;;. The molecule has 0 aromatic carbocycles. The molecule has 0 nitrogen and oxygen atoms in total. The van der Waals surface area contributed by atoms with Crippen LogP contribution in [0.25, 0.3) is 0 Å². The predicted octanol–water partition coefficient (Wildman–Crippen LogP) is 0.297. The molecule has 116 valence electrons. The van der Waals surface area contributed by atoms with Gasteiger partial charge < -0.3 is 4.70 Å². The predicted molar refractivity (Wildman–Crippen MR) is 89.3 cm³/mol. The third-order valence-electron chi connectivity index (χ3n) is 1.63. The molecule has 0 fully saturated rings. The second kappa shape index (κ2) is 50.4. The van der Waals surface area contributed by atoms with Crippen molar-refractivity contribution in [2.75, 3.05) is 0 Å². The van der Waals surface area contributed by atoms with E-state index >= 15 is 0 Å². The summed E-state index contributed by atoms with van der Waals surface area (Å²) in [5, 5.41) is 0. The van der Waals surface area contributed by atoms with Crippen LogP contribution in [0.1, 0.15) is 94.9 Å². The van der Waals surface area contributed by atoms with Crippen LogP contribution in [0, 0.1) is 11.8 Å². The Labute approximate surface area is 171 Å². The number of hydrogen-bond acceptors (Lipinski definition) is 0. The van der Waals surface area contributed by atoms with Crippen LogP contribution in [0.15, 0.2) is 0 Å². The van der Waals surface area contributed by atoms with E-state index in [4.69, 9.17) is 1.34 Å². The van der Waals surface area contributed by atoms with Crippen molar-refractivity contribution in [1.82, 2.24) is 0 Å². The zero-order valence-corrected chi connectivity index (χ0v) is 19.1. The quantitative estimate of drug-likeness (QED) is 0.644. The van der Waals surface area contributed by atoms with Crippen molar-refractivity contribution in [2.45, 2.75) is 94.9 Å². The molecule has 0 aromatic rings. The van der Waals surface area contributed by atoms with E-state index in [1.807, 2.05) is 0 Å². The number of halogens is 1. The third-order valence-corrected chi connectivity index (χ3v) is 1.63. The van der Waals surface area contributed by atoms with Crippen molar-refractivity contribution in [3.8, 4) is 0 Å². The molecule has 0 aliphatic carbocycles. The van der Waals surface area contributed by atoms with Crippen molar-refractivity contribution in [1.29, 1.82) is 1.34 Å². The molecule has 0 aliphatic rings. The third kappa shape index (κ3) is 192. The smallest absolute Gasteiger partial charge is 1.00 e.